The molecular formula is C16H11BrF3N7. The van der Waals surface area contributed by atoms with Crippen LogP contribution < -0.4 is 5.32 Å². The number of aryl methyl sites for hydroxylation is 1. The predicted molar refractivity (Wildman–Crippen MR) is 95.9 cm³/mol. The Morgan fingerprint density at radius 2 is 2.00 bits per heavy atom. The molecule has 4 aromatic rings. The lowest BCUT2D eigenvalue weighted by Crippen LogP contribution is -2.06. The summed E-state index contributed by atoms with van der Waals surface area (Å²) in [6.07, 6.45) is 0.0611. The Labute approximate surface area is 159 Å². The molecule has 0 amide bonds. The first-order valence-corrected chi connectivity index (χ1v) is 8.45. The van der Waals surface area contributed by atoms with Gasteiger partial charge < -0.3 is 5.32 Å². The van der Waals surface area contributed by atoms with Gasteiger partial charge in [-0.2, -0.15) is 23.4 Å². The van der Waals surface area contributed by atoms with Gasteiger partial charge in [0.05, 0.1) is 34.7 Å². The maximum absolute atomic E-state index is 12.9. The highest BCUT2D eigenvalue weighted by Crippen LogP contribution is 2.31. The number of halogens is 4. The minimum absolute atomic E-state index is 0.299. The van der Waals surface area contributed by atoms with E-state index >= 15 is 0 Å². The van der Waals surface area contributed by atoms with Crippen molar-refractivity contribution in [3.05, 3.63) is 53.2 Å². The number of rotatable bonds is 3. The average Bonchev–Trinajstić information content (AvgIpc) is 3.20. The lowest BCUT2D eigenvalue weighted by atomic mass is 10.2. The number of alkyl halides is 3. The largest absolute Gasteiger partial charge is 0.416 e. The molecule has 4 rings (SSSR count). The minimum Gasteiger partial charge on any atom is -0.337 e. The van der Waals surface area contributed by atoms with Crippen LogP contribution in [0.25, 0.3) is 16.7 Å². The van der Waals surface area contributed by atoms with E-state index in [1.165, 1.54) is 23.3 Å². The molecule has 1 N–H and O–H groups in total. The van der Waals surface area contributed by atoms with Crippen molar-refractivity contribution < 1.29 is 13.2 Å². The summed E-state index contributed by atoms with van der Waals surface area (Å²) in [6.45, 7) is 0. The van der Waals surface area contributed by atoms with Gasteiger partial charge in [-0.3, -0.25) is 0 Å². The second-order valence-corrected chi connectivity index (χ2v) is 6.43. The van der Waals surface area contributed by atoms with Gasteiger partial charge in [-0.05, 0) is 34.1 Å². The molecule has 0 aliphatic rings. The maximum atomic E-state index is 12.9. The molecule has 27 heavy (non-hydrogen) atoms. The third-order valence-corrected chi connectivity index (χ3v) is 4.42. The van der Waals surface area contributed by atoms with Crippen LogP contribution in [0.15, 0.2) is 47.6 Å². The lowest BCUT2D eigenvalue weighted by molar-refractivity contribution is -0.137. The highest BCUT2D eigenvalue weighted by atomic mass is 79.9. The van der Waals surface area contributed by atoms with Gasteiger partial charge in [-0.15, -0.1) is 0 Å². The van der Waals surface area contributed by atoms with Crippen LogP contribution in [0.5, 0.6) is 0 Å². The van der Waals surface area contributed by atoms with E-state index in [1.54, 1.807) is 24.0 Å². The van der Waals surface area contributed by atoms with E-state index in [0.29, 0.717) is 32.8 Å². The highest BCUT2D eigenvalue weighted by molar-refractivity contribution is 9.10. The van der Waals surface area contributed by atoms with E-state index in [4.69, 9.17) is 0 Å². The monoisotopic (exact) mass is 437 g/mol. The fraction of sp³-hybridized carbons (Fsp3) is 0.125. The van der Waals surface area contributed by atoms with E-state index < -0.39 is 11.7 Å². The molecule has 0 unspecified atom stereocenters. The van der Waals surface area contributed by atoms with Crippen LogP contribution in [0.4, 0.5) is 24.7 Å². The van der Waals surface area contributed by atoms with Crippen LogP contribution in [0, 0.1) is 0 Å². The standard InChI is InChI=1S/C16H11BrF3N7/c1-26-15-12(13(17)25-26)14(21-8-22-15)24-10-6-23-27(7-10)11-4-2-3-9(5-11)16(18,19)20/h2-8H,1H3,(H,21,22,24). The van der Waals surface area contributed by atoms with Crippen molar-refractivity contribution in [2.45, 2.75) is 6.18 Å². The molecular weight excluding hydrogens is 427 g/mol. The van der Waals surface area contributed by atoms with Gasteiger partial charge in [-0.25, -0.2) is 19.3 Å². The number of nitrogens with one attached hydrogen (secondary N) is 1. The van der Waals surface area contributed by atoms with E-state index in [0.717, 1.165) is 12.1 Å². The molecule has 0 saturated heterocycles. The molecule has 0 saturated carbocycles. The number of hydrogen-bond acceptors (Lipinski definition) is 5. The first-order chi connectivity index (χ1) is 12.8. The molecule has 3 heterocycles. The summed E-state index contributed by atoms with van der Waals surface area (Å²) < 4.78 is 42.2. The van der Waals surface area contributed by atoms with Gasteiger partial charge in [0.15, 0.2) is 5.65 Å². The Bertz CT molecular complexity index is 1130. The van der Waals surface area contributed by atoms with Gasteiger partial charge in [0.1, 0.15) is 16.7 Å². The van der Waals surface area contributed by atoms with Crippen LogP contribution in [-0.4, -0.2) is 29.5 Å². The fourth-order valence-corrected chi connectivity index (χ4v) is 3.23. The van der Waals surface area contributed by atoms with Crippen LogP contribution in [0.1, 0.15) is 5.56 Å². The number of aromatic nitrogens is 6. The van der Waals surface area contributed by atoms with Crippen molar-refractivity contribution in [1.82, 2.24) is 29.5 Å². The molecule has 138 valence electrons. The van der Waals surface area contributed by atoms with Crippen molar-refractivity contribution in [2.75, 3.05) is 5.32 Å². The van der Waals surface area contributed by atoms with E-state index in [9.17, 15) is 13.2 Å². The first-order valence-electron chi connectivity index (χ1n) is 7.65. The third-order valence-electron chi connectivity index (χ3n) is 3.86. The molecule has 0 bridgehead atoms. The third kappa shape index (κ3) is 3.25. The van der Waals surface area contributed by atoms with Gasteiger partial charge in [0.25, 0.3) is 0 Å². The second-order valence-electron chi connectivity index (χ2n) is 5.68. The van der Waals surface area contributed by atoms with Crippen molar-refractivity contribution in [1.29, 1.82) is 0 Å². The Kier molecular flexibility index (Phi) is 4.10. The number of fused-ring (bicyclic) bond motifs is 1. The van der Waals surface area contributed by atoms with Crippen molar-refractivity contribution in [3.63, 3.8) is 0 Å². The van der Waals surface area contributed by atoms with E-state index in [2.05, 4.69) is 41.4 Å². The molecule has 0 radical (unpaired) electrons. The molecule has 0 aliphatic heterocycles. The molecule has 7 nitrogen and oxygen atoms in total. The normalized spacial score (nSPS) is 11.9. The van der Waals surface area contributed by atoms with Crippen LogP contribution in [0.2, 0.25) is 0 Å². The predicted octanol–water partition coefficient (Wildman–Crippen LogP) is 4.07. The summed E-state index contributed by atoms with van der Waals surface area (Å²) >= 11 is 3.37. The van der Waals surface area contributed by atoms with Gasteiger partial charge in [0, 0.05) is 7.05 Å². The van der Waals surface area contributed by atoms with E-state index in [-0.39, 0.29) is 0 Å². The molecule has 3 aromatic heterocycles. The van der Waals surface area contributed by atoms with E-state index in [1.807, 2.05) is 0 Å². The fourth-order valence-electron chi connectivity index (χ4n) is 2.63. The van der Waals surface area contributed by atoms with Gasteiger partial charge in [-0.1, -0.05) is 6.07 Å². The molecule has 11 heteroatoms. The quantitative estimate of drug-likeness (QED) is 0.522. The Balaban J connectivity index is 1.67. The lowest BCUT2D eigenvalue weighted by Gasteiger charge is -2.08. The molecule has 0 spiro atoms. The molecule has 0 atom stereocenters. The van der Waals surface area contributed by atoms with Crippen LogP contribution in [-0.2, 0) is 13.2 Å². The smallest absolute Gasteiger partial charge is 0.337 e. The number of nitrogens with zero attached hydrogens (tertiary/aromatic N) is 6. The zero-order valence-electron chi connectivity index (χ0n) is 13.7. The number of benzene rings is 1. The Hall–Kier alpha value is -2.95. The molecule has 1 aromatic carbocycles. The number of anilines is 2. The Morgan fingerprint density at radius 3 is 2.78 bits per heavy atom. The highest BCUT2D eigenvalue weighted by Gasteiger charge is 2.30. The zero-order chi connectivity index (χ0) is 19.2. The Morgan fingerprint density at radius 1 is 1.19 bits per heavy atom. The average molecular weight is 438 g/mol. The molecule has 0 fully saturated rings. The SMILES string of the molecule is Cn1nc(Br)c2c(Nc3cnn(-c4cccc(C(F)(F)F)c4)c3)ncnc21. The summed E-state index contributed by atoms with van der Waals surface area (Å²) in [5.74, 6) is 0.503. The summed E-state index contributed by atoms with van der Waals surface area (Å²) in [7, 11) is 1.76. The van der Waals surface area contributed by atoms with Crippen LogP contribution >= 0.6 is 15.9 Å². The molecule has 0 aliphatic carbocycles. The van der Waals surface area contributed by atoms with Gasteiger partial charge >= 0.3 is 6.18 Å². The summed E-state index contributed by atoms with van der Waals surface area (Å²) in [5.41, 5.74) is 0.753. The maximum Gasteiger partial charge on any atom is 0.416 e. The van der Waals surface area contributed by atoms with Crippen molar-refractivity contribution in [2.24, 2.45) is 7.05 Å². The zero-order valence-corrected chi connectivity index (χ0v) is 15.3. The van der Waals surface area contributed by atoms with Crippen molar-refractivity contribution >= 4 is 38.5 Å². The number of hydrogen-bond donors (Lipinski definition) is 1. The first kappa shape index (κ1) is 17.5. The van der Waals surface area contributed by atoms with Crippen molar-refractivity contribution in [3.8, 4) is 5.69 Å². The summed E-state index contributed by atoms with van der Waals surface area (Å²) in [4.78, 5) is 8.39. The topological polar surface area (TPSA) is 73.5 Å². The van der Waals surface area contributed by atoms with Crippen LogP contribution in [0.3, 0.4) is 0 Å². The second kappa shape index (κ2) is 6.34. The summed E-state index contributed by atoms with van der Waals surface area (Å²) in [5, 5.41) is 12.1. The minimum atomic E-state index is -4.41. The van der Waals surface area contributed by atoms with Gasteiger partial charge in [0.2, 0.25) is 0 Å². The summed E-state index contributed by atoms with van der Waals surface area (Å²) in [6, 6.07) is 4.95.